The third-order valence-corrected chi connectivity index (χ3v) is 15.0. The second-order valence-electron chi connectivity index (χ2n) is 18.1. The number of aromatic nitrogens is 1. The van der Waals surface area contributed by atoms with Crippen molar-refractivity contribution in [2.75, 3.05) is 4.90 Å². The highest BCUT2D eigenvalue weighted by molar-refractivity contribution is 7.17. The van der Waals surface area contributed by atoms with E-state index in [1.54, 1.807) is 0 Å². The molecule has 0 saturated heterocycles. The first-order valence-corrected chi connectivity index (χ1v) is 22.9. The number of para-hydroxylation sites is 1. The molecule has 0 radical (unpaired) electrons. The van der Waals surface area contributed by atoms with Crippen molar-refractivity contribution in [2.45, 2.75) is 41.5 Å². The molecular formula is C58H43BN2OS. The van der Waals surface area contributed by atoms with Crippen LogP contribution in [0.5, 0.6) is 0 Å². The standard InChI is InChI=1S/C58H43BN2OS/c1-32-23-34(3)52(35(4)24-32)40-15-12-16-42(27-40)60-49-29-41(53-36(5)25-33(2)26-37(53)6)19-21-47(49)59-55-50(60)31-63-58(55)46-30-44-43-17-10-11-18-51(43)62-57(44)54-45-28-39(38-13-8-7-9-14-38)20-22-48(45)61(59)56(46)54/h7-31H,1-6H3. The normalized spacial score (nSPS) is 12.9. The minimum absolute atomic E-state index is 0.0524. The summed E-state index contributed by atoms with van der Waals surface area (Å²) in [7, 11) is 0. The Morgan fingerprint density at radius 2 is 1.19 bits per heavy atom. The predicted molar refractivity (Wildman–Crippen MR) is 270 cm³/mol. The van der Waals surface area contributed by atoms with Crippen molar-refractivity contribution < 1.29 is 4.42 Å². The number of hydrogen-bond acceptors (Lipinski definition) is 3. The van der Waals surface area contributed by atoms with Crippen molar-refractivity contribution >= 4 is 89.9 Å². The van der Waals surface area contributed by atoms with Crippen molar-refractivity contribution in [2.24, 2.45) is 0 Å². The highest BCUT2D eigenvalue weighted by Gasteiger charge is 2.44. The van der Waals surface area contributed by atoms with E-state index >= 15 is 0 Å². The molecule has 300 valence electrons. The van der Waals surface area contributed by atoms with Crippen LogP contribution in [0.1, 0.15) is 33.4 Å². The fraction of sp³-hybridized carbons (Fsp3) is 0.103. The molecule has 0 saturated carbocycles. The lowest BCUT2D eigenvalue weighted by atomic mass is 9.46. The Kier molecular flexibility index (Phi) is 7.67. The van der Waals surface area contributed by atoms with Crippen molar-refractivity contribution in [3.63, 3.8) is 0 Å². The molecule has 0 amide bonds. The molecule has 2 aliphatic rings. The number of fused-ring (bicyclic) bond motifs is 11. The summed E-state index contributed by atoms with van der Waals surface area (Å²) in [6, 6.07) is 54.6. The molecule has 0 fully saturated rings. The van der Waals surface area contributed by atoms with E-state index in [0.29, 0.717) is 0 Å². The third-order valence-electron chi connectivity index (χ3n) is 13.9. The van der Waals surface area contributed by atoms with E-state index in [1.807, 2.05) is 11.3 Å². The summed E-state index contributed by atoms with van der Waals surface area (Å²) in [5, 5.41) is 7.15. The maximum Gasteiger partial charge on any atom is 0.333 e. The van der Waals surface area contributed by atoms with Crippen LogP contribution in [-0.2, 0) is 0 Å². The van der Waals surface area contributed by atoms with Gasteiger partial charge in [-0.15, -0.1) is 11.3 Å². The van der Waals surface area contributed by atoms with Crippen LogP contribution in [0.15, 0.2) is 155 Å². The predicted octanol–water partition coefficient (Wildman–Crippen LogP) is 15.0. The van der Waals surface area contributed by atoms with Gasteiger partial charge in [-0.25, -0.2) is 0 Å². The van der Waals surface area contributed by atoms with Crippen LogP contribution in [0.4, 0.5) is 17.1 Å². The van der Waals surface area contributed by atoms with Crippen molar-refractivity contribution in [1.82, 2.24) is 4.48 Å². The van der Waals surface area contributed by atoms with E-state index in [2.05, 4.69) is 202 Å². The molecule has 0 bridgehead atoms. The number of anilines is 3. The van der Waals surface area contributed by atoms with E-state index in [0.717, 1.165) is 21.9 Å². The maximum absolute atomic E-state index is 6.92. The van der Waals surface area contributed by atoms with Crippen LogP contribution >= 0.6 is 11.3 Å². The molecule has 8 aromatic carbocycles. The van der Waals surface area contributed by atoms with Crippen LogP contribution < -0.4 is 15.8 Å². The molecule has 0 unspecified atom stereocenters. The smallest absolute Gasteiger partial charge is 0.333 e. The zero-order valence-corrected chi connectivity index (χ0v) is 37.0. The number of hydrogen-bond donors (Lipinski definition) is 0. The number of aryl methyl sites for hydroxylation is 6. The van der Waals surface area contributed by atoms with Crippen LogP contribution in [0.2, 0.25) is 0 Å². The van der Waals surface area contributed by atoms with E-state index in [4.69, 9.17) is 4.42 Å². The summed E-state index contributed by atoms with van der Waals surface area (Å²) < 4.78 is 9.59. The SMILES string of the molecule is Cc1cc(C)c(-c2cccc(N3c4cc(-c5c(C)cc(C)cc5C)ccc4B4c5c3csc5-c3cc5c6ccccc6oc5c5c6cc(-c7ccccc7)ccc6n4c35)c2)c(C)c1. The zero-order chi connectivity index (χ0) is 42.4. The Balaban J connectivity index is 1.14. The number of rotatable bonds is 4. The summed E-state index contributed by atoms with van der Waals surface area (Å²) >= 11 is 1.88. The van der Waals surface area contributed by atoms with Crippen LogP contribution in [0.25, 0.3) is 87.6 Å². The number of benzene rings is 8. The van der Waals surface area contributed by atoms with Crippen molar-refractivity contribution in [3.05, 3.63) is 184 Å². The van der Waals surface area contributed by atoms with Gasteiger partial charge in [0.15, 0.2) is 0 Å². The Labute approximate surface area is 371 Å². The first-order valence-electron chi connectivity index (χ1n) is 22.0. The zero-order valence-electron chi connectivity index (χ0n) is 36.2. The molecule has 0 spiro atoms. The second kappa shape index (κ2) is 13.2. The summed E-state index contributed by atoms with van der Waals surface area (Å²) in [5.41, 5.74) is 27.2. The average molecular weight is 827 g/mol. The largest absolute Gasteiger partial charge is 0.455 e. The fourth-order valence-corrected chi connectivity index (χ4v) is 12.8. The van der Waals surface area contributed by atoms with Crippen molar-refractivity contribution in [1.29, 1.82) is 0 Å². The monoisotopic (exact) mass is 826 g/mol. The minimum Gasteiger partial charge on any atom is -0.455 e. The molecule has 0 atom stereocenters. The molecule has 63 heavy (non-hydrogen) atoms. The molecule has 3 aromatic heterocycles. The highest BCUT2D eigenvalue weighted by atomic mass is 32.1. The van der Waals surface area contributed by atoms with E-state index in [1.165, 1.54) is 127 Å². The third kappa shape index (κ3) is 5.14. The summed E-state index contributed by atoms with van der Waals surface area (Å²) in [5.74, 6) is 0. The molecule has 13 rings (SSSR count). The van der Waals surface area contributed by atoms with Gasteiger partial charge in [0.25, 0.3) is 0 Å². The number of thiophene rings is 1. The highest BCUT2D eigenvalue weighted by Crippen LogP contribution is 2.52. The van der Waals surface area contributed by atoms with E-state index in [9.17, 15) is 0 Å². The average Bonchev–Trinajstić information content (AvgIpc) is 3.97. The van der Waals surface area contributed by atoms with Crippen LogP contribution in [-0.4, -0.2) is 11.3 Å². The van der Waals surface area contributed by atoms with Gasteiger partial charge >= 0.3 is 6.85 Å². The molecule has 5 heteroatoms. The Bertz CT molecular complexity index is 3730. The Hall–Kier alpha value is -7.08. The first kappa shape index (κ1) is 36.6. The lowest BCUT2D eigenvalue weighted by Gasteiger charge is -2.38. The Morgan fingerprint density at radius 1 is 0.524 bits per heavy atom. The molecule has 11 aromatic rings. The van der Waals surface area contributed by atoms with Crippen LogP contribution in [0, 0.1) is 41.5 Å². The number of furan rings is 1. The second-order valence-corrected chi connectivity index (χ2v) is 18.9. The van der Waals surface area contributed by atoms with Gasteiger partial charge in [0.1, 0.15) is 11.2 Å². The molecular weight excluding hydrogens is 784 g/mol. The first-order chi connectivity index (χ1) is 30.7. The number of nitrogens with zero attached hydrogens (tertiary/aromatic N) is 2. The summed E-state index contributed by atoms with van der Waals surface area (Å²) in [4.78, 5) is 3.90. The minimum atomic E-state index is -0.0524. The van der Waals surface area contributed by atoms with Crippen molar-refractivity contribution in [3.8, 4) is 43.8 Å². The molecule has 0 N–H and O–H groups in total. The lowest BCUT2D eigenvalue weighted by Crippen LogP contribution is -2.55. The lowest BCUT2D eigenvalue weighted by molar-refractivity contribution is 0.673. The fourth-order valence-electron chi connectivity index (χ4n) is 11.7. The quantitative estimate of drug-likeness (QED) is 0.165. The summed E-state index contributed by atoms with van der Waals surface area (Å²) in [6.07, 6.45) is 0. The topological polar surface area (TPSA) is 21.3 Å². The van der Waals surface area contributed by atoms with Gasteiger partial charge < -0.3 is 13.8 Å². The van der Waals surface area contributed by atoms with Gasteiger partial charge in [-0.3, -0.25) is 0 Å². The molecule has 5 heterocycles. The van der Waals surface area contributed by atoms with Gasteiger partial charge in [0.05, 0.1) is 16.6 Å². The van der Waals surface area contributed by atoms with E-state index < -0.39 is 0 Å². The molecule has 2 aliphatic heterocycles. The van der Waals surface area contributed by atoms with Crippen LogP contribution in [0.3, 0.4) is 0 Å². The summed E-state index contributed by atoms with van der Waals surface area (Å²) in [6.45, 7) is 13.4. The Morgan fingerprint density at radius 3 is 1.94 bits per heavy atom. The van der Waals surface area contributed by atoms with Gasteiger partial charge in [0, 0.05) is 48.9 Å². The van der Waals surface area contributed by atoms with Gasteiger partial charge in [-0.2, -0.15) is 0 Å². The van der Waals surface area contributed by atoms with E-state index in [-0.39, 0.29) is 6.85 Å². The van der Waals surface area contributed by atoms with Gasteiger partial charge in [-0.1, -0.05) is 114 Å². The van der Waals surface area contributed by atoms with Gasteiger partial charge in [0.2, 0.25) is 0 Å². The molecule has 0 aliphatic carbocycles. The maximum atomic E-state index is 6.92. The molecule has 3 nitrogen and oxygen atoms in total. The van der Waals surface area contributed by atoms with Gasteiger partial charge in [-0.05, 0) is 151 Å².